The molecule has 10 heteroatoms. The number of hydrogen-bond donors (Lipinski definition) is 0. The zero-order chi connectivity index (χ0) is 31.5. The first-order valence-corrected chi connectivity index (χ1v) is 16.2. The van der Waals surface area contributed by atoms with Crippen LogP contribution in [0.15, 0.2) is 96.0 Å². The normalized spacial score (nSPS) is 17.1. The van der Waals surface area contributed by atoms with Gasteiger partial charge in [0.2, 0.25) is 0 Å². The van der Waals surface area contributed by atoms with E-state index in [1.807, 2.05) is 42.5 Å². The lowest BCUT2D eigenvalue weighted by Gasteiger charge is -2.28. The van der Waals surface area contributed by atoms with E-state index in [2.05, 4.69) is 57.4 Å². The molecule has 0 bridgehead atoms. The number of hydrogen-bond acceptors (Lipinski definition) is 7. The number of benzene rings is 3. The van der Waals surface area contributed by atoms with Crippen molar-refractivity contribution in [2.75, 3.05) is 50.8 Å². The van der Waals surface area contributed by atoms with Crippen molar-refractivity contribution in [1.29, 1.82) is 5.26 Å². The summed E-state index contributed by atoms with van der Waals surface area (Å²) in [5.74, 6) is 0.471. The first-order valence-electron chi connectivity index (χ1n) is 15.4. The Balaban J connectivity index is 1.24. The van der Waals surface area contributed by atoms with Gasteiger partial charge in [0.05, 0.1) is 31.0 Å². The highest BCUT2D eigenvalue weighted by Gasteiger charge is 2.27. The van der Waals surface area contributed by atoms with Crippen LogP contribution in [-0.4, -0.2) is 72.3 Å². The number of anilines is 1. The molecule has 2 aliphatic rings. The molecule has 1 atom stereocenters. The van der Waals surface area contributed by atoms with Crippen molar-refractivity contribution in [2.24, 2.45) is 0 Å². The van der Waals surface area contributed by atoms with Crippen LogP contribution in [0.1, 0.15) is 12.0 Å². The van der Waals surface area contributed by atoms with E-state index in [1.54, 1.807) is 23.0 Å². The summed E-state index contributed by atoms with van der Waals surface area (Å²) in [5, 5.41) is 11.0. The Labute approximate surface area is 271 Å². The minimum Gasteiger partial charge on any atom is -0.488 e. The van der Waals surface area contributed by atoms with E-state index in [1.165, 1.54) is 5.69 Å². The number of ether oxygens (including phenoxy) is 2. The molecule has 2 aliphatic heterocycles. The van der Waals surface area contributed by atoms with E-state index < -0.39 is 6.43 Å². The quantitative estimate of drug-likeness (QED) is 0.167. The SMILES string of the molecule is N#Cc1cc(-c2ccnc3c2cc(-c2ccc(N4CCOCC4)cc2)n3Sc2ccccc2)ccc1OC1CCN(CC(F)F)C1. The van der Waals surface area contributed by atoms with Crippen LogP contribution in [-0.2, 0) is 4.74 Å². The summed E-state index contributed by atoms with van der Waals surface area (Å²) in [4.78, 5) is 9.96. The highest BCUT2D eigenvalue weighted by Crippen LogP contribution is 2.39. The molecular formula is C36H33F2N5O2S. The average Bonchev–Trinajstić information content (AvgIpc) is 3.69. The first-order chi connectivity index (χ1) is 22.6. The van der Waals surface area contributed by atoms with Gasteiger partial charge in [-0.2, -0.15) is 5.26 Å². The number of rotatable bonds is 9. The van der Waals surface area contributed by atoms with Crippen LogP contribution in [0.2, 0.25) is 0 Å². The lowest BCUT2D eigenvalue weighted by molar-refractivity contribution is 0.0931. The van der Waals surface area contributed by atoms with Gasteiger partial charge >= 0.3 is 0 Å². The number of nitriles is 1. The van der Waals surface area contributed by atoms with E-state index in [4.69, 9.17) is 14.5 Å². The van der Waals surface area contributed by atoms with Crippen LogP contribution in [0.3, 0.4) is 0 Å². The second-order valence-electron chi connectivity index (χ2n) is 11.5. The molecule has 5 aromatic rings. The van der Waals surface area contributed by atoms with Gasteiger partial charge in [0, 0.05) is 48.3 Å². The number of fused-ring (bicyclic) bond motifs is 1. The fraction of sp³-hybridized carbons (Fsp3) is 0.278. The lowest BCUT2D eigenvalue weighted by Crippen LogP contribution is -2.36. The maximum absolute atomic E-state index is 12.9. The summed E-state index contributed by atoms with van der Waals surface area (Å²) in [6, 6.07) is 30.9. The van der Waals surface area contributed by atoms with E-state index in [-0.39, 0.29) is 12.6 Å². The van der Waals surface area contributed by atoms with Gasteiger partial charge in [0.15, 0.2) is 5.65 Å². The molecule has 46 heavy (non-hydrogen) atoms. The van der Waals surface area contributed by atoms with Crippen molar-refractivity contribution in [2.45, 2.75) is 23.8 Å². The van der Waals surface area contributed by atoms with E-state index in [0.29, 0.717) is 30.8 Å². The number of likely N-dealkylation sites (tertiary alicyclic amines) is 1. The van der Waals surface area contributed by atoms with Gasteiger partial charge < -0.3 is 14.4 Å². The third-order valence-corrected chi connectivity index (χ3v) is 9.51. The third-order valence-electron chi connectivity index (χ3n) is 8.47. The molecule has 0 aliphatic carbocycles. The Morgan fingerprint density at radius 2 is 1.74 bits per heavy atom. The number of nitrogens with zero attached hydrogens (tertiary/aromatic N) is 5. The van der Waals surface area contributed by atoms with Gasteiger partial charge in [-0.15, -0.1) is 0 Å². The minimum absolute atomic E-state index is 0.231. The van der Waals surface area contributed by atoms with E-state index in [9.17, 15) is 14.0 Å². The number of aromatic nitrogens is 2. The molecule has 0 radical (unpaired) electrons. The van der Waals surface area contributed by atoms with Crippen molar-refractivity contribution in [3.63, 3.8) is 0 Å². The zero-order valence-corrected chi connectivity index (χ0v) is 26.0. The zero-order valence-electron chi connectivity index (χ0n) is 25.2. The van der Waals surface area contributed by atoms with Crippen molar-refractivity contribution in [3.8, 4) is 34.2 Å². The molecule has 0 N–H and O–H groups in total. The number of alkyl halides is 2. The van der Waals surface area contributed by atoms with Crippen LogP contribution >= 0.6 is 11.9 Å². The maximum atomic E-state index is 12.9. The molecule has 4 heterocycles. The predicted molar refractivity (Wildman–Crippen MR) is 178 cm³/mol. The molecule has 7 nitrogen and oxygen atoms in total. The summed E-state index contributed by atoms with van der Waals surface area (Å²) < 4.78 is 39.6. The van der Waals surface area contributed by atoms with Gasteiger partial charge in [0.25, 0.3) is 6.43 Å². The number of morpholine rings is 1. The maximum Gasteiger partial charge on any atom is 0.251 e. The molecular weight excluding hydrogens is 604 g/mol. The summed E-state index contributed by atoms with van der Waals surface area (Å²) in [6.45, 7) is 3.94. The molecule has 3 aromatic carbocycles. The molecule has 7 rings (SSSR count). The molecule has 234 valence electrons. The van der Waals surface area contributed by atoms with Crippen LogP contribution in [0, 0.1) is 11.3 Å². The monoisotopic (exact) mass is 637 g/mol. The largest absolute Gasteiger partial charge is 0.488 e. The standard InChI is InChI=1S/C36H33F2N5O2S/c37-35(38)24-41-15-13-29(23-41)45-34-11-8-26(20-27(34)22-39)31-12-14-40-36-32(31)21-33(43(36)46-30-4-2-1-3-5-30)25-6-9-28(10-7-25)42-16-18-44-19-17-42/h1-12,14,20-21,29,35H,13,15-19,23-24H2. The number of pyridine rings is 1. The Morgan fingerprint density at radius 3 is 2.50 bits per heavy atom. The minimum atomic E-state index is -2.37. The molecule has 2 aromatic heterocycles. The summed E-state index contributed by atoms with van der Waals surface area (Å²) in [7, 11) is 0. The van der Waals surface area contributed by atoms with Crippen LogP contribution in [0.4, 0.5) is 14.5 Å². The predicted octanol–water partition coefficient (Wildman–Crippen LogP) is 7.35. The Hall–Kier alpha value is -4.43. The Kier molecular flexibility index (Phi) is 8.88. The highest BCUT2D eigenvalue weighted by atomic mass is 32.2. The smallest absolute Gasteiger partial charge is 0.251 e. The number of halogens is 2. The summed E-state index contributed by atoms with van der Waals surface area (Å²) in [5.41, 5.74) is 6.33. The van der Waals surface area contributed by atoms with Gasteiger partial charge in [0.1, 0.15) is 17.9 Å². The highest BCUT2D eigenvalue weighted by molar-refractivity contribution is 7.98. The molecule has 2 saturated heterocycles. The first kappa shape index (κ1) is 30.2. The second-order valence-corrected chi connectivity index (χ2v) is 12.5. The van der Waals surface area contributed by atoms with E-state index in [0.717, 1.165) is 64.6 Å². The van der Waals surface area contributed by atoms with Gasteiger partial charge in [-0.1, -0.05) is 36.4 Å². The molecule has 1 unspecified atom stereocenters. The van der Waals surface area contributed by atoms with Gasteiger partial charge in [-0.3, -0.25) is 8.87 Å². The van der Waals surface area contributed by atoms with Crippen molar-refractivity contribution in [3.05, 3.63) is 96.7 Å². The van der Waals surface area contributed by atoms with Crippen molar-refractivity contribution in [1.82, 2.24) is 13.9 Å². The summed E-state index contributed by atoms with van der Waals surface area (Å²) in [6.07, 6.45) is -0.156. The fourth-order valence-corrected chi connectivity index (χ4v) is 7.17. The second kappa shape index (κ2) is 13.5. The third kappa shape index (κ3) is 6.44. The Bertz CT molecular complexity index is 1850. The van der Waals surface area contributed by atoms with Crippen LogP contribution in [0.25, 0.3) is 33.4 Å². The summed E-state index contributed by atoms with van der Waals surface area (Å²) >= 11 is 1.62. The topological polar surface area (TPSA) is 66.5 Å². The molecule has 0 spiro atoms. The Morgan fingerprint density at radius 1 is 0.957 bits per heavy atom. The molecule has 2 fully saturated rings. The molecule has 0 amide bonds. The van der Waals surface area contributed by atoms with Gasteiger partial charge in [-0.25, -0.2) is 13.8 Å². The van der Waals surface area contributed by atoms with Crippen molar-refractivity contribution < 1.29 is 18.3 Å². The van der Waals surface area contributed by atoms with Crippen molar-refractivity contribution >= 4 is 28.7 Å². The van der Waals surface area contributed by atoms with Crippen LogP contribution < -0.4 is 9.64 Å². The average molecular weight is 638 g/mol. The van der Waals surface area contributed by atoms with E-state index >= 15 is 0 Å². The fourth-order valence-electron chi connectivity index (χ4n) is 6.19. The van der Waals surface area contributed by atoms with Gasteiger partial charge in [-0.05, 0) is 83.6 Å². The molecule has 0 saturated carbocycles. The van der Waals surface area contributed by atoms with Crippen LogP contribution in [0.5, 0.6) is 5.75 Å². The lowest BCUT2D eigenvalue weighted by atomic mass is 10.0.